The molecule has 1 amide bonds. The molecule has 0 bridgehead atoms. The van der Waals surface area contributed by atoms with E-state index in [0.29, 0.717) is 36.0 Å². The molecule has 0 aliphatic carbocycles. The first-order valence-electron chi connectivity index (χ1n) is 13.1. The summed E-state index contributed by atoms with van der Waals surface area (Å²) < 4.78 is 13.9. The molecular formula is C30H34N6O3. The van der Waals surface area contributed by atoms with Crippen LogP contribution in [0.2, 0.25) is 0 Å². The SMILES string of the molecule is C=CC(=O)Nc1cc(Cc2nccc(-n3ccc4ccccc43)n2)c(OC)cc1OCCN1CCN(C)CC1. The Kier molecular flexibility index (Phi) is 8.19. The molecule has 0 saturated carbocycles. The molecule has 1 aliphatic heterocycles. The number of hydrogen-bond donors (Lipinski definition) is 1. The number of nitrogens with zero attached hydrogens (tertiary/aromatic N) is 5. The van der Waals surface area contributed by atoms with E-state index in [1.54, 1.807) is 13.3 Å². The lowest BCUT2D eigenvalue weighted by Gasteiger charge is -2.32. The number of fused-ring (bicyclic) bond motifs is 1. The van der Waals surface area contributed by atoms with Gasteiger partial charge in [-0.15, -0.1) is 0 Å². The van der Waals surface area contributed by atoms with Gasteiger partial charge in [0.2, 0.25) is 5.91 Å². The Bertz CT molecular complexity index is 1460. The van der Waals surface area contributed by atoms with E-state index in [4.69, 9.17) is 14.5 Å². The molecule has 0 unspecified atom stereocenters. The van der Waals surface area contributed by atoms with Gasteiger partial charge in [0.1, 0.15) is 29.7 Å². The minimum absolute atomic E-state index is 0.312. The average molecular weight is 527 g/mol. The van der Waals surface area contributed by atoms with Crippen molar-refractivity contribution in [1.82, 2.24) is 24.3 Å². The van der Waals surface area contributed by atoms with Crippen LogP contribution < -0.4 is 14.8 Å². The fourth-order valence-electron chi connectivity index (χ4n) is 4.75. The van der Waals surface area contributed by atoms with Crippen LogP contribution in [0.15, 0.2) is 73.6 Å². The number of likely N-dealkylation sites (N-methyl/N-ethyl adjacent to an activating group) is 1. The average Bonchev–Trinajstić information content (AvgIpc) is 3.39. The number of methoxy groups -OCH3 is 1. The minimum Gasteiger partial charge on any atom is -0.496 e. The van der Waals surface area contributed by atoms with Crippen molar-refractivity contribution < 1.29 is 14.3 Å². The van der Waals surface area contributed by atoms with E-state index in [1.165, 1.54) is 6.08 Å². The summed E-state index contributed by atoms with van der Waals surface area (Å²) in [5.74, 6) is 2.29. The van der Waals surface area contributed by atoms with Crippen LogP contribution in [0.25, 0.3) is 16.7 Å². The second-order valence-corrected chi connectivity index (χ2v) is 9.60. The smallest absolute Gasteiger partial charge is 0.247 e. The summed E-state index contributed by atoms with van der Waals surface area (Å²) in [6.07, 6.45) is 5.42. The van der Waals surface area contributed by atoms with Gasteiger partial charge in [0, 0.05) is 63.2 Å². The van der Waals surface area contributed by atoms with Gasteiger partial charge >= 0.3 is 0 Å². The van der Waals surface area contributed by atoms with Crippen LogP contribution in [0.1, 0.15) is 11.4 Å². The number of carbonyl (C=O) groups is 1. The Morgan fingerprint density at radius 1 is 1.10 bits per heavy atom. The number of piperazine rings is 1. The largest absolute Gasteiger partial charge is 0.496 e. The van der Waals surface area contributed by atoms with Crippen molar-refractivity contribution in [3.8, 4) is 17.3 Å². The molecule has 2 aromatic heterocycles. The number of aromatic nitrogens is 3. The van der Waals surface area contributed by atoms with Crippen LogP contribution in [0.3, 0.4) is 0 Å². The molecule has 39 heavy (non-hydrogen) atoms. The first-order valence-corrected chi connectivity index (χ1v) is 13.1. The molecule has 5 rings (SSSR count). The van der Waals surface area contributed by atoms with Crippen LogP contribution in [0.4, 0.5) is 5.69 Å². The molecule has 1 N–H and O–H groups in total. The first kappa shape index (κ1) is 26.4. The van der Waals surface area contributed by atoms with Gasteiger partial charge in [0.05, 0.1) is 18.3 Å². The monoisotopic (exact) mass is 526 g/mol. The van der Waals surface area contributed by atoms with E-state index in [1.807, 2.05) is 41.1 Å². The molecule has 0 radical (unpaired) electrons. The number of amides is 1. The predicted octanol–water partition coefficient (Wildman–Crippen LogP) is 3.77. The summed E-state index contributed by atoms with van der Waals surface area (Å²) >= 11 is 0. The first-order chi connectivity index (χ1) is 19.0. The third kappa shape index (κ3) is 6.27. The van der Waals surface area contributed by atoms with Crippen molar-refractivity contribution in [2.45, 2.75) is 6.42 Å². The zero-order valence-corrected chi connectivity index (χ0v) is 22.5. The standard InChI is InChI=1S/C30H34N6O3/c1-4-30(37)32-24-19-23(26(38-3)21-27(24)39-18-17-35-15-13-34(2)14-16-35)20-28-31-11-9-29(33-28)36-12-10-22-7-5-6-8-25(22)36/h4-12,19,21H,1,13-18,20H2,2-3H3,(H,32,37). The Labute approximate surface area is 228 Å². The minimum atomic E-state index is -0.312. The van der Waals surface area contributed by atoms with Gasteiger partial charge in [-0.05, 0) is 42.8 Å². The van der Waals surface area contributed by atoms with Gasteiger partial charge in [-0.1, -0.05) is 24.8 Å². The quantitative estimate of drug-likeness (QED) is 0.315. The lowest BCUT2D eigenvalue weighted by Crippen LogP contribution is -2.45. The number of anilines is 1. The molecule has 4 aromatic rings. The van der Waals surface area contributed by atoms with Gasteiger partial charge in [0.15, 0.2) is 0 Å². The summed E-state index contributed by atoms with van der Waals surface area (Å²) in [6.45, 7) is 9.02. The van der Waals surface area contributed by atoms with Crippen molar-refractivity contribution in [2.75, 3.05) is 58.8 Å². The van der Waals surface area contributed by atoms with Crippen molar-refractivity contribution >= 4 is 22.5 Å². The maximum Gasteiger partial charge on any atom is 0.247 e. The van der Waals surface area contributed by atoms with E-state index in [0.717, 1.165) is 55.0 Å². The topological polar surface area (TPSA) is 84.8 Å². The van der Waals surface area contributed by atoms with Gasteiger partial charge in [-0.3, -0.25) is 9.69 Å². The predicted molar refractivity (Wildman–Crippen MR) is 153 cm³/mol. The van der Waals surface area contributed by atoms with Crippen LogP contribution in [-0.4, -0.2) is 83.7 Å². The van der Waals surface area contributed by atoms with Crippen LogP contribution in [0, 0.1) is 0 Å². The highest BCUT2D eigenvalue weighted by molar-refractivity contribution is 6.00. The third-order valence-electron chi connectivity index (χ3n) is 6.97. The molecule has 2 aromatic carbocycles. The molecule has 9 nitrogen and oxygen atoms in total. The lowest BCUT2D eigenvalue weighted by atomic mass is 10.1. The van der Waals surface area contributed by atoms with E-state index >= 15 is 0 Å². The van der Waals surface area contributed by atoms with Gasteiger partial charge in [-0.2, -0.15) is 0 Å². The maximum atomic E-state index is 12.2. The highest BCUT2D eigenvalue weighted by atomic mass is 16.5. The number of ether oxygens (including phenoxy) is 2. The lowest BCUT2D eigenvalue weighted by molar-refractivity contribution is -0.111. The summed E-state index contributed by atoms with van der Waals surface area (Å²) in [5, 5.41) is 4.03. The summed E-state index contributed by atoms with van der Waals surface area (Å²) in [4.78, 5) is 26.3. The van der Waals surface area contributed by atoms with Crippen LogP contribution in [0.5, 0.6) is 11.5 Å². The molecular weight excluding hydrogens is 492 g/mol. The van der Waals surface area contributed by atoms with Crippen molar-refractivity contribution in [2.24, 2.45) is 0 Å². The van der Waals surface area contributed by atoms with E-state index < -0.39 is 0 Å². The van der Waals surface area contributed by atoms with Crippen molar-refractivity contribution in [3.63, 3.8) is 0 Å². The van der Waals surface area contributed by atoms with Gasteiger partial charge < -0.3 is 24.3 Å². The molecule has 9 heteroatoms. The highest BCUT2D eigenvalue weighted by Gasteiger charge is 2.17. The molecule has 0 spiro atoms. The second-order valence-electron chi connectivity index (χ2n) is 9.60. The molecule has 0 atom stereocenters. The summed E-state index contributed by atoms with van der Waals surface area (Å²) in [6, 6.07) is 15.8. The number of nitrogens with one attached hydrogen (secondary N) is 1. The van der Waals surface area contributed by atoms with Crippen LogP contribution >= 0.6 is 0 Å². The van der Waals surface area contributed by atoms with E-state index in [9.17, 15) is 4.79 Å². The number of para-hydroxylation sites is 1. The summed E-state index contributed by atoms with van der Waals surface area (Å²) in [5.41, 5.74) is 2.46. The molecule has 1 saturated heterocycles. The van der Waals surface area contributed by atoms with Crippen LogP contribution in [-0.2, 0) is 11.2 Å². The number of carbonyl (C=O) groups excluding carboxylic acids is 1. The zero-order chi connectivity index (χ0) is 27.2. The number of benzene rings is 2. The Balaban J connectivity index is 1.38. The third-order valence-corrected chi connectivity index (χ3v) is 6.97. The Hall–Kier alpha value is -4.21. The molecule has 1 fully saturated rings. The van der Waals surface area contributed by atoms with Crippen molar-refractivity contribution in [3.05, 3.63) is 85.0 Å². The molecule has 3 heterocycles. The number of hydrogen-bond acceptors (Lipinski definition) is 7. The second kappa shape index (κ2) is 12.1. The normalized spacial score (nSPS) is 14.3. The fraction of sp³-hybridized carbons (Fsp3) is 0.300. The van der Waals surface area contributed by atoms with Gasteiger partial charge in [-0.25, -0.2) is 9.97 Å². The highest BCUT2D eigenvalue weighted by Crippen LogP contribution is 2.34. The Morgan fingerprint density at radius 2 is 1.92 bits per heavy atom. The number of rotatable bonds is 10. The maximum absolute atomic E-state index is 12.2. The Morgan fingerprint density at radius 3 is 2.72 bits per heavy atom. The van der Waals surface area contributed by atoms with Gasteiger partial charge in [0.25, 0.3) is 0 Å². The van der Waals surface area contributed by atoms with Crippen molar-refractivity contribution in [1.29, 1.82) is 0 Å². The van der Waals surface area contributed by atoms with E-state index in [-0.39, 0.29) is 5.91 Å². The molecule has 1 aliphatic rings. The zero-order valence-electron chi connectivity index (χ0n) is 22.5. The summed E-state index contributed by atoms with van der Waals surface area (Å²) in [7, 11) is 3.76. The van der Waals surface area contributed by atoms with E-state index in [2.05, 4.69) is 51.9 Å². The fourth-order valence-corrected chi connectivity index (χ4v) is 4.75. The molecule has 202 valence electrons.